The summed E-state index contributed by atoms with van der Waals surface area (Å²) in [5.41, 5.74) is -0.264. The van der Waals surface area contributed by atoms with Gasteiger partial charge in [-0.3, -0.25) is 5.32 Å². The van der Waals surface area contributed by atoms with Crippen LogP contribution in [-0.2, 0) is 0 Å². The molecule has 1 aliphatic heterocycles. The average molecular weight is 235 g/mol. The number of rotatable bonds is 3. The number of nitrogens with zero attached hydrogens (tertiary/aromatic N) is 2. The lowest BCUT2D eigenvalue weighted by molar-refractivity contribution is 0.139. The van der Waals surface area contributed by atoms with E-state index in [4.69, 9.17) is 0 Å². The number of hydrogen-bond acceptors (Lipinski definition) is 3. The first-order valence-electron chi connectivity index (χ1n) is 7.08. The molecule has 0 spiro atoms. The van der Waals surface area contributed by atoms with Crippen molar-refractivity contribution in [3.8, 4) is 6.07 Å². The van der Waals surface area contributed by atoms with Gasteiger partial charge in [-0.1, -0.05) is 0 Å². The highest BCUT2D eigenvalue weighted by atomic mass is 15.2. The Morgan fingerprint density at radius 2 is 2.00 bits per heavy atom. The summed E-state index contributed by atoms with van der Waals surface area (Å²) in [5, 5.41) is 13.0. The van der Waals surface area contributed by atoms with Gasteiger partial charge in [0.25, 0.3) is 0 Å². The lowest BCUT2D eigenvalue weighted by atomic mass is 9.79. The van der Waals surface area contributed by atoms with Crippen molar-refractivity contribution in [2.24, 2.45) is 0 Å². The fourth-order valence-electron chi connectivity index (χ4n) is 3.48. The second kappa shape index (κ2) is 5.37. The van der Waals surface area contributed by atoms with E-state index in [0.29, 0.717) is 12.1 Å². The van der Waals surface area contributed by atoms with Gasteiger partial charge in [0.15, 0.2) is 0 Å². The Morgan fingerprint density at radius 3 is 2.59 bits per heavy atom. The molecule has 1 saturated carbocycles. The lowest BCUT2D eigenvalue weighted by Crippen LogP contribution is -2.54. The van der Waals surface area contributed by atoms with Crippen LogP contribution in [0.2, 0.25) is 0 Å². The van der Waals surface area contributed by atoms with E-state index in [0.717, 1.165) is 12.8 Å². The molecule has 0 aromatic carbocycles. The molecule has 1 saturated heterocycles. The zero-order chi connectivity index (χ0) is 12.3. The highest BCUT2D eigenvalue weighted by Gasteiger charge is 2.39. The van der Waals surface area contributed by atoms with E-state index < -0.39 is 0 Å². The molecule has 1 heterocycles. The molecule has 2 unspecified atom stereocenters. The maximum atomic E-state index is 9.52. The van der Waals surface area contributed by atoms with Gasteiger partial charge in [-0.15, -0.1) is 0 Å². The summed E-state index contributed by atoms with van der Waals surface area (Å²) in [7, 11) is 0. The Balaban J connectivity index is 2.01. The molecule has 3 heteroatoms. The van der Waals surface area contributed by atoms with Crippen molar-refractivity contribution in [2.75, 3.05) is 13.1 Å². The predicted octanol–water partition coefficient (Wildman–Crippen LogP) is 2.29. The van der Waals surface area contributed by atoms with E-state index in [2.05, 4.69) is 30.1 Å². The third kappa shape index (κ3) is 3.00. The molecule has 2 aliphatic rings. The Kier molecular flexibility index (Phi) is 4.06. The van der Waals surface area contributed by atoms with Crippen LogP contribution in [0.3, 0.4) is 0 Å². The summed E-state index contributed by atoms with van der Waals surface area (Å²) in [6, 6.07) is 3.60. The van der Waals surface area contributed by atoms with E-state index in [-0.39, 0.29) is 5.54 Å². The molecule has 2 atom stereocenters. The van der Waals surface area contributed by atoms with Crippen LogP contribution >= 0.6 is 0 Å². The summed E-state index contributed by atoms with van der Waals surface area (Å²) in [5.74, 6) is 0. The van der Waals surface area contributed by atoms with Crippen molar-refractivity contribution in [1.29, 1.82) is 5.26 Å². The Bertz CT molecular complexity index is 288. The minimum absolute atomic E-state index is 0.264. The normalized spacial score (nSPS) is 35.1. The topological polar surface area (TPSA) is 39.1 Å². The number of likely N-dealkylation sites (tertiary alicyclic amines) is 1. The van der Waals surface area contributed by atoms with Crippen molar-refractivity contribution >= 4 is 0 Å². The number of hydrogen-bond donors (Lipinski definition) is 1. The van der Waals surface area contributed by atoms with Gasteiger partial charge in [0, 0.05) is 12.1 Å². The fourth-order valence-corrected chi connectivity index (χ4v) is 3.48. The van der Waals surface area contributed by atoms with Gasteiger partial charge in [-0.2, -0.15) is 5.26 Å². The molecule has 2 fully saturated rings. The van der Waals surface area contributed by atoms with Gasteiger partial charge in [0.05, 0.1) is 6.07 Å². The van der Waals surface area contributed by atoms with Gasteiger partial charge >= 0.3 is 0 Å². The van der Waals surface area contributed by atoms with Gasteiger partial charge in [0.1, 0.15) is 5.54 Å². The Hall–Kier alpha value is -0.590. The molecule has 96 valence electrons. The zero-order valence-corrected chi connectivity index (χ0v) is 11.2. The third-order valence-electron chi connectivity index (χ3n) is 4.16. The summed E-state index contributed by atoms with van der Waals surface area (Å²) >= 11 is 0. The Morgan fingerprint density at radius 1 is 1.29 bits per heavy atom. The van der Waals surface area contributed by atoms with Crippen molar-refractivity contribution in [3.63, 3.8) is 0 Å². The molecule has 0 aromatic rings. The molecule has 2 rings (SSSR count). The molecule has 0 amide bonds. The van der Waals surface area contributed by atoms with Gasteiger partial charge < -0.3 is 4.90 Å². The van der Waals surface area contributed by atoms with E-state index in [1.54, 1.807) is 0 Å². The van der Waals surface area contributed by atoms with Crippen LogP contribution in [-0.4, -0.2) is 35.6 Å². The van der Waals surface area contributed by atoms with Gasteiger partial charge in [0.2, 0.25) is 0 Å². The quantitative estimate of drug-likeness (QED) is 0.815. The van der Waals surface area contributed by atoms with Crippen LogP contribution in [0.25, 0.3) is 0 Å². The average Bonchev–Trinajstić information content (AvgIpc) is 2.82. The molecule has 0 bridgehead atoms. The maximum absolute atomic E-state index is 9.52. The predicted molar refractivity (Wildman–Crippen MR) is 69.7 cm³/mol. The highest BCUT2D eigenvalue weighted by molar-refractivity contribution is 5.11. The van der Waals surface area contributed by atoms with Crippen LogP contribution < -0.4 is 5.32 Å². The van der Waals surface area contributed by atoms with E-state index in [9.17, 15) is 5.26 Å². The first kappa shape index (κ1) is 12.9. The summed E-state index contributed by atoms with van der Waals surface area (Å²) in [6.45, 7) is 6.76. The number of nitrogens with one attached hydrogen (secondary N) is 1. The standard InChI is InChI=1S/C14H25N3/c1-12(2)16-14(11-15)7-5-6-13(10-14)17-8-3-4-9-17/h12-13,16H,3-10H2,1-2H3. The molecule has 0 radical (unpaired) electrons. The van der Waals surface area contributed by atoms with Crippen molar-refractivity contribution in [1.82, 2.24) is 10.2 Å². The minimum atomic E-state index is -0.264. The molecule has 1 N–H and O–H groups in total. The summed E-state index contributed by atoms with van der Waals surface area (Å²) < 4.78 is 0. The van der Waals surface area contributed by atoms with E-state index >= 15 is 0 Å². The third-order valence-corrected chi connectivity index (χ3v) is 4.16. The molecule has 3 nitrogen and oxygen atoms in total. The fraction of sp³-hybridized carbons (Fsp3) is 0.929. The first-order valence-corrected chi connectivity index (χ1v) is 7.08. The van der Waals surface area contributed by atoms with Crippen LogP contribution in [0.15, 0.2) is 0 Å². The second-order valence-electron chi connectivity index (χ2n) is 5.99. The van der Waals surface area contributed by atoms with Crippen molar-refractivity contribution in [2.45, 2.75) is 70.0 Å². The monoisotopic (exact) mass is 235 g/mol. The van der Waals surface area contributed by atoms with Crippen LogP contribution in [0, 0.1) is 11.3 Å². The summed E-state index contributed by atoms with van der Waals surface area (Å²) in [4.78, 5) is 2.60. The van der Waals surface area contributed by atoms with E-state index in [1.807, 2.05) is 0 Å². The SMILES string of the molecule is CC(C)NC1(C#N)CCCC(N2CCCC2)C1. The zero-order valence-electron chi connectivity index (χ0n) is 11.2. The molecule has 1 aliphatic carbocycles. The van der Waals surface area contributed by atoms with Gasteiger partial charge in [-0.05, 0) is 65.5 Å². The van der Waals surface area contributed by atoms with Crippen molar-refractivity contribution < 1.29 is 0 Å². The van der Waals surface area contributed by atoms with Gasteiger partial charge in [-0.25, -0.2) is 0 Å². The smallest absolute Gasteiger partial charge is 0.108 e. The van der Waals surface area contributed by atoms with Crippen molar-refractivity contribution in [3.05, 3.63) is 0 Å². The first-order chi connectivity index (χ1) is 8.15. The van der Waals surface area contributed by atoms with Crippen LogP contribution in [0.4, 0.5) is 0 Å². The summed E-state index contributed by atoms with van der Waals surface area (Å²) in [6.07, 6.45) is 7.19. The van der Waals surface area contributed by atoms with E-state index in [1.165, 1.54) is 38.8 Å². The second-order valence-corrected chi connectivity index (χ2v) is 5.99. The largest absolute Gasteiger partial charge is 0.300 e. The number of nitriles is 1. The molecular weight excluding hydrogens is 210 g/mol. The van der Waals surface area contributed by atoms with Crippen LogP contribution in [0.5, 0.6) is 0 Å². The highest BCUT2D eigenvalue weighted by Crippen LogP contribution is 2.32. The maximum Gasteiger partial charge on any atom is 0.108 e. The minimum Gasteiger partial charge on any atom is -0.300 e. The molecule has 0 aromatic heterocycles. The van der Waals surface area contributed by atoms with Crippen LogP contribution in [0.1, 0.15) is 52.4 Å². The lowest BCUT2D eigenvalue weighted by Gasteiger charge is -2.41. The Labute approximate surface area is 105 Å². The molecular formula is C14H25N3. The molecule has 17 heavy (non-hydrogen) atoms.